The highest BCUT2D eigenvalue weighted by molar-refractivity contribution is 5.92. The predicted octanol–water partition coefficient (Wildman–Crippen LogP) is 1.06. The van der Waals surface area contributed by atoms with Crippen molar-refractivity contribution in [2.24, 2.45) is 0 Å². The van der Waals surface area contributed by atoms with Gasteiger partial charge in [0.05, 0.1) is 11.3 Å². The van der Waals surface area contributed by atoms with Gasteiger partial charge in [-0.2, -0.15) is 0 Å². The molecule has 0 saturated carbocycles. The molecule has 2 rings (SSSR count). The summed E-state index contributed by atoms with van der Waals surface area (Å²) in [5.74, 6) is -0.254. The number of carbonyl (C=O) groups is 1. The van der Waals surface area contributed by atoms with E-state index in [1.54, 1.807) is 12.3 Å². The number of aryl methyl sites for hydroxylation is 1. The third kappa shape index (κ3) is 0.888. The lowest BCUT2D eigenvalue weighted by molar-refractivity contribution is 0.0533. The molecule has 11 heavy (non-hydrogen) atoms. The molecule has 0 aliphatic carbocycles. The third-order valence-electron chi connectivity index (χ3n) is 1.67. The molecule has 0 aromatic carbocycles. The van der Waals surface area contributed by atoms with Crippen molar-refractivity contribution in [3.8, 4) is 0 Å². The minimum atomic E-state index is -0.254. The summed E-state index contributed by atoms with van der Waals surface area (Å²) in [6.07, 6.45) is 1.74. The lowest BCUT2D eigenvalue weighted by Gasteiger charge is -1.92. The van der Waals surface area contributed by atoms with Crippen LogP contribution in [0.3, 0.4) is 0 Å². The highest BCUT2D eigenvalue weighted by Crippen LogP contribution is 2.17. The van der Waals surface area contributed by atoms with Crippen LogP contribution in [0.4, 0.5) is 0 Å². The number of cyclic esters (lactones) is 1. The van der Waals surface area contributed by atoms with Gasteiger partial charge in [-0.25, -0.2) is 4.79 Å². The summed E-state index contributed by atoms with van der Waals surface area (Å²) in [7, 11) is 0. The van der Waals surface area contributed by atoms with Crippen LogP contribution in [-0.4, -0.2) is 11.0 Å². The quantitative estimate of drug-likeness (QED) is 0.518. The SMILES string of the molecule is Cc1cnc2c(c1)C(=O)OC2. The summed E-state index contributed by atoms with van der Waals surface area (Å²) in [6, 6.07) is 1.80. The van der Waals surface area contributed by atoms with Crippen molar-refractivity contribution in [2.45, 2.75) is 13.5 Å². The van der Waals surface area contributed by atoms with E-state index >= 15 is 0 Å². The highest BCUT2D eigenvalue weighted by atomic mass is 16.5. The monoisotopic (exact) mass is 149 g/mol. The first-order valence-corrected chi connectivity index (χ1v) is 3.40. The first-order valence-electron chi connectivity index (χ1n) is 3.40. The summed E-state index contributed by atoms with van der Waals surface area (Å²) in [4.78, 5) is 15.0. The standard InChI is InChI=1S/C8H7NO2/c1-5-2-6-7(9-3-5)4-11-8(6)10/h2-3H,4H2,1H3. The van der Waals surface area contributed by atoms with Crippen LogP contribution in [-0.2, 0) is 11.3 Å². The van der Waals surface area contributed by atoms with E-state index in [1.165, 1.54) is 0 Å². The van der Waals surface area contributed by atoms with Crippen LogP contribution in [0.5, 0.6) is 0 Å². The Morgan fingerprint density at radius 2 is 2.45 bits per heavy atom. The maximum absolute atomic E-state index is 11.0. The number of carbonyl (C=O) groups excluding carboxylic acids is 1. The molecule has 0 saturated heterocycles. The Morgan fingerprint density at radius 3 is 3.27 bits per heavy atom. The van der Waals surface area contributed by atoms with E-state index in [4.69, 9.17) is 4.74 Å². The average molecular weight is 149 g/mol. The van der Waals surface area contributed by atoms with Gasteiger partial charge in [0.2, 0.25) is 0 Å². The minimum absolute atomic E-state index is 0.254. The van der Waals surface area contributed by atoms with Gasteiger partial charge in [0, 0.05) is 6.20 Å². The van der Waals surface area contributed by atoms with Crippen molar-refractivity contribution in [3.05, 3.63) is 29.1 Å². The van der Waals surface area contributed by atoms with Crippen LogP contribution < -0.4 is 0 Å². The number of nitrogens with zero attached hydrogens (tertiary/aromatic N) is 1. The molecule has 0 radical (unpaired) electrons. The molecule has 0 spiro atoms. The van der Waals surface area contributed by atoms with Gasteiger partial charge in [0.15, 0.2) is 0 Å². The van der Waals surface area contributed by atoms with Gasteiger partial charge in [0.1, 0.15) is 6.61 Å². The van der Waals surface area contributed by atoms with E-state index in [0.717, 1.165) is 11.3 Å². The van der Waals surface area contributed by atoms with E-state index in [-0.39, 0.29) is 5.97 Å². The molecule has 0 amide bonds. The molecule has 1 aromatic rings. The summed E-state index contributed by atoms with van der Waals surface area (Å²) >= 11 is 0. The van der Waals surface area contributed by atoms with Crippen LogP contribution in [0.15, 0.2) is 12.3 Å². The smallest absolute Gasteiger partial charge is 0.340 e. The van der Waals surface area contributed by atoms with Crippen molar-refractivity contribution >= 4 is 5.97 Å². The maximum atomic E-state index is 11.0. The average Bonchev–Trinajstić information content (AvgIpc) is 2.33. The Kier molecular flexibility index (Phi) is 1.18. The Bertz CT molecular complexity index is 320. The number of aromatic nitrogens is 1. The molecule has 0 bridgehead atoms. The van der Waals surface area contributed by atoms with Gasteiger partial charge in [-0.05, 0) is 18.6 Å². The zero-order chi connectivity index (χ0) is 7.84. The Balaban J connectivity index is 2.60. The van der Waals surface area contributed by atoms with Gasteiger partial charge >= 0.3 is 5.97 Å². The molecule has 0 atom stereocenters. The molecule has 1 aromatic heterocycles. The summed E-state index contributed by atoms with van der Waals surface area (Å²) < 4.78 is 4.78. The fourth-order valence-electron chi connectivity index (χ4n) is 1.10. The molecule has 0 unspecified atom stereocenters. The molecule has 3 nitrogen and oxygen atoms in total. The van der Waals surface area contributed by atoms with Crippen LogP contribution >= 0.6 is 0 Å². The van der Waals surface area contributed by atoms with E-state index in [1.807, 2.05) is 6.92 Å². The molecule has 56 valence electrons. The van der Waals surface area contributed by atoms with Gasteiger partial charge < -0.3 is 4.74 Å². The fraction of sp³-hybridized carbons (Fsp3) is 0.250. The van der Waals surface area contributed by atoms with Crippen molar-refractivity contribution in [1.29, 1.82) is 0 Å². The van der Waals surface area contributed by atoms with Gasteiger partial charge in [0.25, 0.3) is 0 Å². The first kappa shape index (κ1) is 6.34. The number of hydrogen-bond donors (Lipinski definition) is 0. The molecular weight excluding hydrogens is 142 g/mol. The van der Waals surface area contributed by atoms with E-state index in [2.05, 4.69) is 4.98 Å². The van der Waals surface area contributed by atoms with Crippen LogP contribution in [0, 0.1) is 6.92 Å². The number of ether oxygens (including phenoxy) is 1. The lowest BCUT2D eigenvalue weighted by Crippen LogP contribution is -1.94. The van der Waals surface area contributed by atoms with Crippen molar-refractivity contribution in [1.82, 2.24) is 4.98 Å². The first-order chi connectivity index (χ1) is 5.27. The summed E-state index contributed by atoms with van der Waals surface area (Å²) in [5, 5.41) is 0. The normalized spacial score (nSPS) is 14.5. The zero-order valence-corrected chi connectivity index (χ0v) is 6.13. The molecule has 0 N–H and O–H groups in total. The number of esters is 1. The number of hydrogen-bond acceptors (Lipinski definition) is 3. The van der Waals surface area contributed by atoms with Gasteiger partial charge in [-0.15, -0.1) is 0 Å². The highest BCUT2D eigenvalue weighted by Gasteiger charge is 2.21. The van der Waals surface area contributed by atoms with E-state index in [9.17, 15) is 4.79 Å². The van der Waals surface area contributed by atoms with Crippen molar-refractivity contribution in [3.63, 3.8) is 0 Å². The second-order valence-electron chi connectivity index (χ2n) is 2.58. The van der Waals surface area contributed by atoms with Gasteiger partial charge in [-0.3, -0.25) is 4.98 Å². The predicted molar refractivity (Wildman–Crippen MR) is 38.1 cm³/mol. The lowest BCUT2D eigenvalue weighted by atomic mass is 10.2. The number of pyridine rings is 1. The van der Waals surface area contributed by atoms with Crippen LogP contribution in [0.25, 0.3) is 0 Å². The zero-order valence-electron chi connectivity index (χ0n) is 6.13. The second-order valence-corrected chi connectivity index (χ2v) is 2.58. The minimum Gasteiger partial charge on any atom is -0.456 e. The third-order valence-corrected chi connectivity index (χ3v) is 1.67. The van der Waals surface area contributed by atoms with Crippen molar-refractivity contribution in [2.75, 3.05) is 0 Å². The van der Waals surface area contributed by atoms with E-state index in [0.29, 0.717) is 12.2 Å². The largest absolute Gasteiger partial charge is 0.456 e. The molecule has 2 heterocycles. The fourth-order valence-corrected chi connectivity index (χ4v) is 1.10. The second kappa shape index (κ2) is 2.05. The molecule has 3 heteroatoms. The van der Waals surface area contributed by atoms with E-state index < -0.39 is 0 Å². The Morgan fingerprint density at radius 1 is 1.64 bits per heavy atom. The van der Waals surface area contributed by atoms with Crippen molar-refractivity contribution < 1.29 is 9.53 Å². The van der Waals surface area contributed by atoms with Gasteiger partial charge in [-0.1, -0.05) is 0 Å². The summed E-state index contributed by atoms with van der Waals surface area (Å²) in [6.45, 7) is 2.23. The Hall–Kier alpha value is -1.38. The van der Waals surface area contributed by atoms with Crippen LogP contribution in [0.1, 0.15) is 21.6 Å². The molecule has 0 fully saturated rings. The number of fused-ring (bicyclic) bond motifs is 1. The summed E-state index contributed by atoms with van der Waals surface area (Å²) in [5.41, 5.74) is 2.35. The molecular formula is C8H7NO2. The molecule has 1 aliphatic heterocycles. The maximum Gasteiger partial charge on any atom is 0.340 e. The van der Waals surface area contributed by atoms with Crippen LogP contribution in [0.2, 0.25) is 0 Å². The Labute approximate surface area is 64.0 Å². The number of rotatable bonds is 0. The topological polar surface area (TPSA) is 39.2 Å². The molecule has 1 aliphatic rings.